The van der Waals surface area contributed by atoms with Crippen molar-refractivity contribution in [2.24, 2.45) is 0 Å². The summed E-state index contributed by atoms with van der Waals surface area (Å²) < 4.78 is 14.3. The molecule has 1 N–H and O–H groups in total. The monoisotopic (exact) mass is 255 g/mol. The molecule has 0 fully saturated rings. The summed E-state index contributed by atoms with van der Waals surface area (Å²) in [6.07, 6.45) is 4.86. The molecule has 0 bridgehead atoms. The zero-order valence-electron chi connectivity index (χ0n) is 7.63. The van der Waals surface area contributed by atoms with Gasteiger partial charge in [0.15, 0.2) is 0 Å². The van der Waals surface area contributed by atoms with Crippen LogP contribution in [0.15, 0.2) is 34.9 Å². The molecule has 74 valence electrons. The second-order valence-corrected chi connectivity index (χ2v) is 4.29. The van der Waals surface area contributed by atoms with Crippen LogP contribution in [-0.4, -0.2) is 6.54 Å². The van der Waals surface area contributed by atoms with Crippen LogP contribution in [0.1, 0.15) is 17.9 Å². The van der Waals surface area contributed by atoms with Gasteiger partial charge in [0.1, 0.15) is 5.82 Å². The lowest BCUT2D eigenvalue weighted by Gasteiger charge is -2.18. The van der Waals surface area contributed by atoms with Crippen molar-refractivity contribution in [2.45, 2.75) is 12.3 Å². The van der Waals surface area contributed by atoms with Crippen molar-refractivity contribution in [1.82, 2.24) is 5.32 Å². The van der Waals surface area contributed by atoms with Crippen molar-refractivity contribution in [3.8, 4) is 0 Å². The molecule has 0 aliphatic carbocycles. The van der Waals surface area contributed by atoms with Crippen LogP contribution < -0.4 is 5.32 Å². The average molecular weight is 256 g/mol. The van der Waals surface area contributed by atoms with Gasteiger partial charge in [0.05, 0.1) is 0 Å². The molecule has 1 aromatic rings. The van der Waals surface area contributed by atoms with E-state index >= 15 is 0 Å². The van der Waals surface area contributed by atoms with E-state index in [4.69, 9.17) is 0 Å². The average Bonchev–Trinajstić information content (AvgIpc) is 2.19. The third kappa shape index (κ3) is 1.98. The number of halogens is 2. The molecule has 1 aliphatic rings. The van der Waals surface area contributed by atoms with E-state index in [0.29, 0.717) is 0 Å². The molecule has 14 heavy (non-hydrogen) atoms. The standard InChI is InChI=1S/C11H11BrFN/c12-9-1-2-10(11(13)7-9)8-3-5-14-6-4-8/h1-3,5,7-8,14H,4,6H2. The SMILES string of the molecule is Fc1cc(Br)ccc1C1C=CNCC1. The van der Waals surface area contributed by atoms with Gasteiger partial charge in [-0.2, -0.15) is 0 Å². The van der Waals surface area contributed by atoms with Gasteiger partial charge in [-0.15, -0.1) is 0 Å². The quantitative estimate of drug-likeness (QED) is 0.813. The van der Waals surface area contributed by atoms with Gasteiger partial charge in [0.25, 0.3) is 0 Å². The van der Waals surface area contributed by atoms with Crippen molar-refractivity contribution in [3.63, 3.8) is 0 Å². The lowest BCUT2D eigenvalue weighted by molar-refractivity contribution is 0.576. The van der Waals surface area contributed by atoms with Gasteiger partial charge in [0.2, 0.25) is 0 Å². The van der Waals surface area contributed by atoms with Crippen LogP contribution in [0, 0.1) is 5.82 Å². The first-order valence-electron chi connectivity index (χ1n) is 4.62. The summed E-state index contributed by atoms with van der Waals surface area (Å²) in [4.78, 5) is 0. The topological polar surface area (TPSA) is 12.0 Å². The van der Waals surface area contributed by atoms with Gasteiger partial charge in [-0.25, -0.2) is 4.39 Å². The van der Waals surface area contributed by atoms with Crippen LogP contribution in [0.4, 0.5) is 4.39 Å². The molecule has 0 spiro atoms. The highest BCUT2D eigenvalue weighted by Crippen LogP contribution is 2.27. The Morgan fingerprint density at radius 2 is 2.29 bits per heavy atom. The molecule has 1 aliphatic heterocycles. The van der Waals surface area contributed by atoms with Gasteiger partial charge >= 0.3 is 0 Å². The fourth-order valence-electron chi connectivity index (χ4n) is 1.66. The Bertz CT molecular complexity index is 362. The Hall–Kier alpha value is -0.830. The molecule has 1 heterocycles. The van der Waals surface area contributed by atoms with Crippen LogP contribution in [0.2, 0.25) is 0 Å². The molecule has 1 aromatic carbocycles. The molecule has 0 radical (unpaired) electrons. The summed E-state index contributed by atoms with van der Waals surface area (Å²) in [6, 6.07) is 5.25. The highest BCUT2D eigenvalue weighted by atomic mass is 79.9. The number of hydrogen-bond donors (Lipinski definition) is 1. The molecule has 1 nitrogen and oxygen atoms in total. The molecule has 0 amide bonds. The van der Waals surface area contributed by atoms with Gasteiger partial charge < -0.3 is 5.32 Å². The maximum absolute atomic E-state index is 13.6. The highest BCUT2D eigenvalue weighted by molar-refractivity contribution is 9.10. The molecular formula is C11H11BrFN. The van der Waals surface area contributed by atoms with E-state index in [9.17, 15) is 4.39 Å². The summed E-state index contributed by atoms with van der Waals surface area (Å²) in [6.45, 7) is 0.913. The molecule has 0 saturated carbocycles. The zero-order chi connectivity index (χ0) is 9.97. The van der Waals surface area contributed by atoms with Crippen molar-refractivity contribution >= 4 is 15.9 Å². The lowest BCUT2D eigenvalue weighted by Crippen LogP contribution is -2.16. The summed E-state index contributed by atoms with van der Waals surface area (Å²) in [7, 11) is 0. The van der Waals surface area contributed by atoms with Crippen molar-refractivity contribution in [2.75, 3.05) is 6.54 Å². The van der Waals surface area contributed by atoms with Crippen LogP contribution in [0.25, 0.3) is 0 Å². The Morgan fingerprint density at radius 3 is 2.93 bits per heavy atom. The van der Waals surface area contributed by atoms with E-state index in [0.717, 1.165) is 23.0 Å². The van der Waals surface area contributed by atoms with E-state index in [1.54, 1.807) is 0 Å². The first kappa shape index (κ1) is 9.71. The molecule has 2 rings (SSSR count). The lowest BCUT2D eigenvalue weighted by atomic mass is 9.94. The molecule has 0 saturated heterocycles. The predicted octanol–water partition coefficient (Wildman–Crippen LogP) is 3.18. The van der Waals surface area contributed by atoms with Gasteiger partial charge in [-0.3, -0.25) is 0 Å². The summed E-state index contributed by atoms with van der Waals surface area (Å²) in [5.74, 6) is 0.0836. The molecular weight excluding hydrogens is 245 g/mol. The summed E-state index contributed by atoms with van der Waals surface area (Å²) in [5.41, 5.74) is 0.783. The Labute approximate surface area is 91.1 Å². The number of rotatable bonds is 1. The number of nitrogens with one attached hydrogen (secondary N) is 1. The van der Waals surface area contributed by atoms with Gasteiger partial charge in [-0.1, -0.05) is 28.1 Å². The number of benzene rings is 1. The third-order valence-electron chi connectivity index (χ3n) is 2.41. The first-order chi connectivity index (χ1) is 6.77. The van der Waals surface area contributed by atoms with Gasteiger partial charge in [0, 0.05) is 16.9 Å². The summed E-state index contributed by atoms with van der Waals surface area (Å²) in [5, 5.41) is 3.10. The maximum atomic E-state index is 13.6. The molecule has 0 aromatic heterocycles. The van der Waals surface area contributed by atoms with Crippen molar-refractivity contribution in [3.05, 3.63) is 46.3 Å². The Balaban J connectivity index is 2.31. The minimum atomic E-state index is -0.129. The highest BCUT2D eigenvalue weighted by Gasteiger charge is 2.14. The van der Waals surface area contributed by atoms with Crippen molar-refractivity contribution in [1.29, 1.82) is 0 Å². The Kier molecular flexibility index (Phi) is 2.87. The molecule has 1 unspecified atom stereocenters. The second kappa shape index (κ2) is 4.13. The molecule has 3 heteroatoms. The van der Waals surface area contributed by atoms with Crippen molar-refractivity contribution < 1.29 is 4.39 Å². The van der Waals surface area contributed by atoms with E-state index in [2.05, 4.69) is 21.2 Å². The van der Waals surface area contributed by atoms with Crippen LogP contribution in [-0.2, 0) is 0 Å². The smallest absolute Gasteiger partial charge is 0.128 e. The molecule has 1 atom stereocenters. The van der Waals surface area contributed by atoms with Gasteiger partial charge in [-0.05, 0) is 30.3 Å². The van der Waals surface area contributed by atoms with Crippen LogP contribution >= 0.6 is 15.9 Å². The maximum Gasteiger partial charge on any atom is 0.128 e. The van der Waals surface area contributed by atoms with Crippen LogP contribution in [0.3, 0.4) is 0 Å². The van der Waals surface area contributed by atoms with Crippen LogP contribution in [0.5, 0.6) is 0 Å². The fraction of sp³-hybridized carbons (Fsp3) is 0.273. The van der Waals surface area contributed by atoms with E-state index < -0.39 is 0 Å². The largest absolute Gasteiger partial charge is 0.391 e. The zero-order valence-corrected chi connectivity index (χ0v) is 9.22. The first-order valence-corrected chi connectivity index (χ1v) is 5.41. The predicted molar refractivity (Wildman–Crippen MR) is 58.6 cm³/mol. The summed E-state index contributed by atoms with van der Waals surface area (Å²) >= 11 is 3.25. The minimum absolute atomic E-state index is 0.129. The number of allylic oxidation sites excluding steroid dienone is 1. The Morgan fingerprint density at radius 1 is 1.43 bits per heavy atom. The van der Waals surface area contributed by atoms with E-state index in [-0.39, 0.29) is 11.7 Å². The minimum Gasteiger partial charge on any atom is -0.391 e. The van der Waals surface area contributed by atoms with E-state index in [1.165, 1.54) is 6.07 Å². The second-order valence-electron chi connectivity index (χ2n) is 3.37. The normalized spacial score (nSPS) is 20.6. The third-order valence-corrected chi connectivity index (χ3v) is 2.90. The number of hydrogen-bond acceptors (Lipinski definition) is 1. The fourth-order valence-corrected chi connectivity index (χ4v) is 2.00. The van der Waals surface area contributed by atoms with E-state index in [1.807, 2.05) is 24.4 Å².